The molecule has 19 heavy (non-hydrogen) atoms. The largest absolute Gasteiger partial charge is 0.342 e. The highest BCUT2D eigenvalue weighted by Gasteiger charge is 2.40. The molecule has 1 aliphatic rings. The van der Waals surface area contributed by atoms with Crippen LogP contribution >= 0.6 is 0 Å². The van der Waals surface area contributed by atoms with Crippen LogP contribution in [0.5, 0.6) is 0 Å². The van der Waals surface area contributed by atoms with Gasteiger partial charge in [-0.15, -0.1) is 0 Å². The Kier molecular flexibility index (Phi) is 4.99. The molecule has 1 saturated heterocycles. The Morgan fingerprint density at radius 2 is 1.84 bits per heavy atom. The zero-order valence-corrected chi connectivity index (χ0v) is 13.1. The smallest absolute Gasteiger partial charge is 0.245 e. The first-order valence-corrected chi connectivity index (χ1v) is 7.26. The first kappa shape index (κ1) is 16.0. The lowest BCUT2D eigenvalue weighted by Gasteiger charge is -2.42. The highest BCUT2D eigenvalue weighted by Crippen LogP contribution is 2.23. The summed E-state index contributed by atoms with van der Waals surface area (Å²) in [6.45, 7) is 13.0. The predicted molar refractivity (Wildman–Crippen MR) is 76.6 cm³/mol. The SMILES string of the molecule is CCC1C(=O)NC(CC(C)C)C(=O)N1CC(C)(C)C. The van der Waals surface area contributed by atoms with Crippen LogP contribution in [0.15, 0.2) is 0 Å². The summed E-state index contributed by atoms with van der Waals surface area (Å²) in [5.41, 5.74) is 0.00306. The van der Waals surface area contributed by atoms with E-state index >= 15 is 0 Å². The van der Waals surface area contributed by atoms with Crippen LogP contribution in [0.1, 0.15) is 54.4 Å². The molecule has 2 amide bonds. The number of hydrogen-bond donors (Lipinski definition) is 1. The molecule has 1 heterocycles. The third-order valence-corrected chi connectivity index (χ3v) is 3.32. The zero-order chi connectivity index (χ0) is 14.8. The van der Waals surface area contributed by atoms with E-state index in [1.165, 1.54) is 0 Å². The number of piperazine rings is 1. The van der Waals surface area contributed by atoms with Crippen molar-refractivity contribution in [2.45, 2.75) is 66.5 Å². The lowest BCUT2D eigenvalue weighted by Crippen LogP contribution is -2.64. The van der Waals surface area contributed by atoms with E-state index in [4.69, 9.17) is 0 Å². The fourth-order valence-corrected chi connectivity index (χ4v) is 2.56. The fraction of sp³-hybridized carbons (Fsp3) is 0.867. The van der Waals surface area contributed by atoms with Crippen molar-refractivity contribution in [2.75, 3.05) is 6.54 Å². The number of nitrogens with one attached hydrogen (secondary N) is 1. The molecular weight excluding hydrogens is 240 g/mol. The molecule has 2 unspecified atom stereocenters. The van der Waals surface area contributed by atoms with Gasteiger partial charge < -0.3 is 10.2 Å². The van der Waals surface area contributed by atoms with Crippen LogP contribution in [0.4, 0.5) is 0 Å². The van der Waals surface area contributed by atoms with E-state index in [0.717, 1.165) is 0 Å². The summed E-state index contributed by atoms with van der Waals surface area (Å²) in [6, 6.07) is -0.659. The van der Waals surface area contributed by atoms with Crippen molar-refractivity contribution >= 4 is 11.8 Å². The summed E-state index contributed by atoms with van der Waals surface area (Å²) in [5.74, 6) is 0.469. The minimum Gasteiger partial charge on any atom is -0.342 e. The van der Waals surface area contributed by atoms with Crippen LogP contribution in [-0.4, -0.2) is 35.3 Å². The fourth-order valence-electron chi connectivity index (χ4n) is 2.56. The molecule has 110 valence electrons. The van der Waals surface area contributed by atoms with Crippen molar-refractivity contribution in [3.05, 3.63) is 0 Å². The molecule has 1 fully saturated rings. The van der Waals surface area contributed by atoms with E-state index in [-0.39, 0.29) is 29.3 Å². The first-order valence-electron chi connectivity index (χ1n) is 7.26. The van der Waals surface area contributed by atoms with Crippen molar-refractivity contribution in [2.24, 2.45) is 11.3 Å². The maximum absolute atomic E-state index is 12.6. The van der Waals surface area contributed by atoms with Gasteiger partial charge in [0, 0.05) is 6.54 Å². The van der Waals surface area contributed by atoms with Gasteiger partial charge in [-0.25, -0.2) is 0 Å². The number of rotatable bonds is 4. The molecular formula is C15H28N2O2. The van der Waals surface area contributed by atoms with Gasteiger partial charge in [-0.05, 0) is 24.2 Å². The average molecular weight is 268 g/mol. The Morgan fingerprint density at radius 3 is 2.26 bits per heavy atom. The second-order valence-electron chi connectivity index (χ2n) is 7.14. The van der Waals surface area contributed by atoms with Crippen LogP contribution in [0.3, 0.4) is 0 Å². The van der Waals surface area contributed by atoms with Gasteiger partial charge in [0.1, 0.15) is 12.1 Å². The summed E-state index contributed by atoms with van der Waals surface area (Å²) < 4.78 is 0. The Morgan fingerprint density at radius 1 is 1.26 bits per heavy atom. The van der Waals surface area contributed by atoms with Gasteiger partial charge in [0.15, 0.2) is 0 Å². The number of carbonyl (C=O) groups is 2. The normalized spacial score (nSPS) is 24.9. The number of nitrogens with zero attached hydrogens (tertiary/aromatic N) is 1. The molecule has 0 radical (unpaired) electrons. The van der Waals surface area contributed by atoms with Crippen LogP contribution in [0.25, 0.3) is 0 Å². The molecule has 1 N–H and O–H groups in total. The standard InChI is InChI=1S/C15H28N2O2/c1-7-12-13(18)16-11(8-10(2)3)14(19)17(12)9-15(4,5)6/h10-12H,7-9H2,1-6H3,(H,16,18). The summed E-state index contributed by atoms with van der Waals surface area (Å²) in [4.78, 5) is 26.5. The van der Waals surface area contributed by atoms with Crippen molar-refractivity contribution in [1.29, 1.82) is 0 Å². The second kappa shape index (κ2) is 5.93. The molecule has 0 aromatic carbocycles. The molecule has 2 atom stereocenters. The van der Waals surface area contributed by atoms with Gasteiger partial charge in [-0.1, -0.05) is 41.5 Å². The minimum atomic E-state index is -0.349. The quantitative estimate of drug-likeness (QED) is 0.849. The van der Waals surface area contributed by atoms with Crippen molar-refractivity contribution in [1.82, 2.24) is 10.2 Å². The molecule has 0 bridgehead atoms. The minimum absolute atomic E-state index is 0.00278. The molecule has 0 aromatic heterocycles. The van der Waals surface area contributed by atoms with Crippen LogP contribution in [-0.2, 0) is 9.59 Å². The number of hydrogen-bond acceptors (Lipinski definition) is 2. The predicted octanol–water partition coefficient (Wildman–Crippen LogP) is 2.18. The lowest BCUT2D eigenvalue weighted by atomic mass is 9.91. The summed E-state index contributed by atoms with van der Waals surface area (Å²) >= 11 is 0. The van der Waals surface area contributed by atoms with Gasteiger partial charge >= 0.3 is 0 Å². The van der Waals surface area contributed by atoms with Gasteiger partial charge in [0.25, 0.3) is 0 Å². The number of amides is 2. The summed E-state index contributed by atoms with van der Waals surface area (Å²) in [5, 5.41) is 2.88. The molecule has 4 nitrogen and oxygen atoms in total. The van der Waals surface area contributed by atoms with E-state index in [2.05, 4.69) is 39.9 Å². The average Bonchev–Trinajstić information content (AvgIpc) is 2.23. The summed E-state index contributed by atoms with van der Waals surface area (Å²) in [7, 11) is 0. The third kappa shape index (κ3) is 4.22. The first-order chi connectivity index (χ1) is 8.65. The third-order valence-electron chi connectivity index (χ3n) is 3.32. The highest BCUT2D eigenvalue weighted by molar-refractivity contribution is 5.96. The zero-order valence-electron chi connectivity index (χ0n) is 13.1. The Hall–Kier alpha value is -1.06. The van der Waals surface area contributed by atoms with E-state index in [0.29, 0.717) is 25.3 Å². The van der Waals surface area contributed by atoms with Crippen molar-refractivity contribution in [3.8, 4) is 0 Å². The monoisotopic (exact) mass is 268 g/mol. The van der Waals surface area contributed by atoms with E-state index in [1.54, 1.807) is 4.90 Å². The topological polar surface area (TPSA) is 49.4 Å². The maximum Gasteiger partial charge on any atom is 0.245 e. The molecule has 0 aromatic rings. The van der Waals surface area contributed by atoms with Crippen LogP contribution < -0.4 is 5.32 Å². The van der Waals surface area contributed by atoms with Gasteiger partial charge in [0.05, 0.1) is 0 Å². The molecule has 0 spiro atoms. The highest BCUT2D eigenvalue weighted by atomic mass is 16.2. The van der Waals surface area contributed by atoms with Crippen LogP contribution in [0.2, 0.25) is 0 Å². The van der Waals surface area contributed by atoms with Crippen LogP contribution in [0, 0.1) is 11.3 Å². The second-order valence-corrected chi connectivity index (χ2v) is 7.14. The van der Waals surface area contributed by atoms with E-state index < -0.39 is 0 Å². The van der Waals surface area contributed by atoms with E-state index in [9.17, 15) is 9.59 Å². The molecule has 0 saturated carbocycles. The van der Waals surface area contributed by atoms with Gasteiger partial charge in [0.2, 0.25) is 11.8 Å². The Labute approximate surface area is 116 Å². The Balaban J connectivity index is 2.92. The molecule has 1 rings (SSSR count). The molecule has 0 aliphatic carbocycles. The van der Waals surface area contributed by atoms with Gasteiger partial charge in [-0.2, -0.15) is 0 Å². The molecule has 4 heteroatoms. The lowest BCUT2D eigenvalue weighted by molar-refractivity contribution is -0.151. The van der Waals surface area contributed by atoms with Gasteiger partial charge in [-0.3, -0.25) is 9.59 Å². The van der Waals surface area contributed by atoms with E-state index in [1.807, 2.05) is 6.92 Å². The van der Waals surface area contributed by atoms with Crippen molar-refractivity contribution < 1.29 is 9.59 Å². The maximum atomic E-state index is 12.6. The van der Waals surface area contributed by atoms with Crippen molar-refractivity contribution in [3.63, 3.8) is 0 Å². The summed E-state index contributed by atoms with van der Waals surface area (Å²) in [6.07, 6.45) is 1.38. The Bertz CT molecular complexity index is 345. The molecule has 1 aliphatic heterocycles. The number of carbonyl (C=O) groups excluding carboxylic acids is 2.